The van der Waals surface area contributed by atoms with Crippen molar-refractivity contribution in [2.24, 2.45) is 21.8 Å². The third kappa shape index (κ3) is 3.95. The lowest BCUT2D eigenvalue weighted by Crippen LogP contribution is -2.30. The summed E-state index contributed by atoms with van der Waals surface area (Å²) in [5, 5.41) is 0. The number of likely N-dealkylation sites (N-methyl/N-ethyl adjacent to an activating group) is 4. The Labute approximate surface area is 147 Å². The zero-order valence-electron chi connectivity index (χ0n) is 15.9. The zero-order chi connectivity index (χ0) is 17.1. The maximum Gasteiger partial charge on any atom is 0.196 e. The fourth-order valence-corrected chi connectivity index (χ4v) is 4.22. The lowest BCUT2D eigenvalue weighted by molar-refractivity contribution is 0.276. The molecule has 6 nitrogen and oxygen atoms in total. The first kappa shape index (κ1) is 17.4. The molecular formula is C18H34N6. The summed E-state index contributed by atoms with van der Waals surface area (Å²) in [4.78, 5) is 18.9. The van der Waals surface area contributed by atoms with Crippen LogP contribution in [-0.2, 0) is 0 Å². The standard InChI is InChI=1S/C18H34N6/c1-21-8-9-22(2)17(21)19-13-15-6-5-7-16(12-15)14-20-18-23(3)10-11-24(18)4/h15-16H,5-14H2,1-4H3. The molecule has 2 atom stereocenters. The smallest absolute Gasteiger partial charge is 0.196 e. The number of hydrogen-bond donors (Lipinski definition) is 0. The van der Waals surface area contributed by atoms with Crippen LogP contribution >= 0.6 is 0 Å². The largest absolute Gasteiger partial charge is 0.344 e. The highest BCUT2D eigenvalue weighted by atomic mass is 15.4. The van der Waals surface area contributed by atoms with Crippen molar-refractivity contribution >= 4 is 11.9 Å². The summed E-state index contributed by atoms with van der Waals surface area (Å²) < 4.78 is 0. The normalized spacial score (nSPS) is 28.2. The van der Waals surface area contributed by atoms with Crippen molar-refractivity contribution < 1.29 is 0 Å². The van der Waals surface area contributed by atoms with Crippen molar-refractivity contribution in [2.45, 2.75) is 25.7 Å². The average Bonchev–Trinajstić information content (AvgIpc) is 3.06. The van der Waals surface area contributed by atoms with Crippen LogP contribution < -0.4 is 0 Å². The van der Waals surface area contributed by atoms with E-state index in [0.717, 1.165) is 51.1 Å². The fraction of sp³-hybridized carbons (Fsp3) is 0.889. The lowest BCUT2D eigenvalue weighted by Gasteiger charge is -2.28. The molecule has 3 rings (SSSR count). The van der Waals surface area contributed by atoms with Gasteiger partial charge in [0.25, 0.3) is 0 Å². The van der Waals surface area contributed by atoms with Gasteiger partial charge in [0.2, 0.25) is 0 Å². The Hall–Kier alpha value is -1.46. The molecule has 2 saturated heterocycles. The second-order valence-corrected chi connectivity index (χ2v) is 7.87. The number of guanidine groups is 2. The Bertz CT molecular complexity index is 422. The Balaban J connectivity index is 1.51. The van der Waals surface area contributed by atoms with Crippen LogP contribution in [0.1, 0.15) is 25.7 Å². The van der Waals surface area contributed by atoms with E-state index in [1.54, 1.807) is 0 Å². The first-order chi connectivity index (χ1) is 11.5. The number of nitrogens with zero attached hydrogens (tertiary/aromatic N) is 6. The summed E-state index contributed by atoms with van der Waals surface area (Å²) in [6.07, 6.45) is 5.28. The number of aliphatic imine (C=N–C) groups is 2. The van der Waals surface area contributed by atoms with Crippen LogP contribution in [0.15, 0.2) is 9.98 Å². The van der Waals surface area contributed by atoms with Gasteiger partial charge >= 0.3 is 0 Å². The molecule has 0 aromatic carbocycles. The molecule has 3 fully saturated rings. The van der Waals surface area contributed by atoms with Crippen LogP contribution in [0.3, 0.4) is 0 Å². The van der Waals surface area contributed by atoms with E-state index in [9.17, 15) is 0 Å². The minimum Gasteiger partial charge on any atom is -0.344 e. The van der Waals surface area contributed by atoms with Gasteiger partial charge in [-0.1, -0.05) is 6.42 Å². The van der Waals surface area contributed by atoms with Crippen molar-refractivity contribution in [1.82, 2.24) is 19.6 Å². The topological polar surface area (TPSA) is 37.7 Å². The average molecular weight is 335 g/mol. The van der Waals surface area contributed by atoms with Gasteiger partial charge in [-0.3, -0.25) is 9.98 Å². The molecule has 0 N–H and O–H groups in total. The molecule has 2 aliphatic heterocycles. The van der Waals surface area contributed by atoms with Crippen LogP contribution in [0.5, 0.6) is 0 Å². The van der Waals surface area contributed by atoms with Crippen LogP contribution in [-0.4, -0.2) is 99.0 Å². The summed E-state index contributed by atoms with van der Waals surface area (Å²) >= 11 is 0. The molecule has 136 valence electrons. The van der Waals surface area contributed by atoms with Crippen molar-refractivity contribution in [3.05, 3.63) is 0 Å². The van der Waals surface area contributed by atoms with Crippen molar-refractivity contribution in [3.8, 4) is 0 Å². The fourth-order valence-electron chi connectivity index (χ4n) is 4.22. The molecule has 0 aromatic rings. The maximum atomic E-state index is 4.92. The van der Waals surface area contributed by atoms with E-state index in [1.807, 2.05) is 0 Å². The van der Waals surface area contributed by atoms with Gasteiger partial charge in [0.15, 0.2) is 11.9 Å². The highest BCUT2D eigenvalue weighted by Gasteiger charge is 2.25. The van der Waals surface area contributed by atoms with Crippen LogP contribution in [0.25, 0.3) is 0 Å². The molecule has 0 radical (unpaired) electrons. The predicted octanol–water partition coefficient (Wildman–Crippen LogP) is 1.26. The molecule has 6 heteroatoms. The van der Waals surface area contributed by atoms with Gasteiger partial charge < -0.3 is 19.6 Å². The highest BCUT2D eigenvalue weighted by Crippen LogP contribution is 2.30. The van der Waals surface area contributed by atoms with E-state index in [-0.39, 0.29) is 0 Å². The Morgan fingerprint density at radius 2 is 1.08 bits per heavy atom. The molecule has 2 heterocycles. The summed E-state index contributed by atoms with van der Waals surface area (Å²) in [6, 6.07) is 0. The summed E-state index contributed by atoms with van der Waals surface area (Å²) in [5.74, 6) is 3.81. The summed E-state index contributed by atoms with van der Waals surface area (Å²) in [6.45, 7) is 6.36. The van der Waals surface area contributed by atoms with Crippen molar-refractivity contribution in [1.29, 1.82) is 0 Å². The van der Waals surface area contributed by atoms with Gasteiger partial charge in [-0.15, -0.1) is 0 Å². The van der Waals surface area contributed by atoms with E-state index in [1.165, 1.54) is 37.6 Å². The van der Waals surface area contributed by atoms with E-state index >= 15 is 0 Å². The van der Waals surface area contributed by atoms with E-state index in [4.69, 9.17) is 9.98 Å². The molecule has 0 bridgehead atoms. The Kier molecular flexibility index (Phi) is 5.51. The second-order valence-electron chi connectivity index (χ2n) is 7.87. The van der Waals surface area contributed by atoms with E-state index in [0.29, 0.717) is 0 Å². The molecule has 1 saturated carbocycles. The minimum absolute atomic E-state index is 0.734. The first-order valence-corrected chi connectivity index (χ1v) is 9.48. The quantitative estimate of drug-likeness (QED) is 0.776. The molecule has 2 unspecified atom stereocenters. The number of hydrogen-bond acceptors (Lipinski definition) is 2. The summed E-state index contributed by atoms with van der Waals surface area (Å²) in [7, 11) is 8.60. The van der Waals surface area contributed by atoms with Gasteiger partial charge in [-0.25, -0.2) is 0 Å². The Morgan fingerprint density at radius 3 is 1.46 bits per heavy atom. The van der Waals surface area contributed by atoms with E-state index in [2.05, 4.69) is 47.8 Å². The minimum atomic E-state index is 0.734. The van der Waals surface area contributed by atoms with Gasteiger partial charge in [-0.2, -0.15) is 0 Å². The predicted molar refractivity (Wildman–Crippen MR) is 101 cm³/mol. The van der Waals surface area contributed by atoms with Gasteiger partial charge in [0.1, 0.15) is 0 Å². The SMILES string of the molecule is CN1CCN(C)C1=NCC1CCCC(CN=C2N(C)CCN2C)C1. The monoisotopic (exact) mass is 334 g/mol. The van der Waals surface area contributed by atoms with Gasteiger partial charge in [-0.05, 0) is 31.1 Å². The van der Waals surface area contributed by atoms with E-state index < -0.39 is 0 Å². The molecular weight excluding hydrogens is 300 g/mol. The van der Waals surface area contributed by atoms with Crippen molar-refractivity contribution in [3.63, 3.8) is 0 Å². The van der Waals surface area contributed by atoms with Crippen molar-refractivity contribution in [2.75, 3.05) is 67.5 Å². The molecule has 24 heavy (non-hydrogen) atoms. The number of rotatable bonds is 4. The molecule has 1 aliphatic carbocycles. The Morgan fingerprint density at radius 1 is 0.708 bits per heavy atom. The highest BCUT2D eigenvalue weighted by molar-refractivity contribution is 5.81. The third-order valence-corrected chi connectivity index (χ3v) is 5.78. The molecule has 0 aromatic heterocycles. The molecule has 3 aliphatic rings. The molecule has 0 spiro atoms. The summed E-state index contributed by atoms with van der Waals surface area (Å²) in [5.41, 5.74) is 0. The lowest BCUT2D eigenvalue weighted by atomic mass is 9.81. The maximum absolute atomic E-state index is 4.92. The second kappa shape index (κ2) is 7.62. The van der Waals surface area contributed by atoms with Crippen LogP contribution in [0.2, 0.25) is 0 Å². The van der Waals surface area contributed by atoms with Crippen LogP contribution in [0, 0.1) is 11.8 Å². The van der Waals surface area contributed by atoms with Gasteiger partial charge in [0.05, 0.1) is 0 Å². The zero-order valence-corrected chi connectivity index (χ0v) is 15.9. The van der Waals surface area contributed by atoms with Gasteiger partial charge in [0, 0.05) is 67.5 Å². The third-order valence-electron chi connectivity index (χ3n) is 5.78. The molecule has 0 amide bonds. The van der Waals surface area contributed by atoms with Crippen LogP contribution in [0.4, 0.5) is 0 Å². The first-order valence-electron chi connectivity index (χ1n) is 9.48.